The van der Waals surface area contributed by atoms with Crippen LogP contribution in [0.2, 0.25) is 0 Å². The van der Waals surface area contributed by atoms with Crippen molar-refractivity contribution in [1.29, 1.82) is 0 Å². The molecule has 1 amide bonds. The van der Waals surface area contributed by atoms with Crippen LogP contribution in [0.15, 0.2) is 59.5 Å². The molecule has 1 aliphatic heterocycles. The van der Waals surface area contributed by atoms with E-state index in [9.17, 15) is 18.4 Å². The molecule has 2 aromatic rings. The lowest BCUT2D eigenvalue weighted by Gasteiger charge is -2.35. The van der Waals surface area contributed by atoms with Crippen molar-refractivity contribution in [3.05, 3.63) is 60.2 Å². The van der Waals surface area contributed by atoms with Crippen molar-refractivity contribution in [2.24, 2.45) is 5.92 Å². The number of hydrogen-bond acceptors (Lipinski definition) is 6. The highest BCUT2D eigenvalue weighted by Gasteiger charge is 2.41. The molecule has 2 aromatic carbocycles. The molecule has 1 heterocycles. The van der Waals surface area contributed by atoms with Gasteiger partial charge in [-0.1, -0.05) is 36.8 Å². The van der Waals surface area contributed by atoms with Gasteiger partial charge >= 0.3 is 0 Å². The smallest absolute Gasteiger partial charge is 0.262 e. The van der Waals surface area contributed by atoms with Gasteiger partial charge in [0.05, 0.1) is 12.0 Å². The largest absolute Gasteiger partial charge is 0.497 e. The lowest BCUT2D eigenvalue weighted by molar-refractivity contribution is -0.135. The summed E-state index contributed by atoms with van der Waals surface area (Å²) in [7, 11) is -2.58. The average molecular weight is 463 g/mol. The maximum atomic E-state index is 13.8. The summed E-state index contributed by atoms with van der Waals surface area (Å²) in [5, 5.41) is 9.51. The van der Waals surface area contributed by atoms with E-state index in [0.717, 1.165) is 18.4 Å². The molecule has 8 nitrogen and oxygen atoms in total. The second-order valence-electron chi connectivity index (χ2n) is 7.79. The van der Waals surface area contributed by atoms with Crippen molar-refractivity contribution >= 4 is 15.9 Å². The number of sulfonamides is 1. The number of hydroxylamine groups is 1. The Kier molecular flexibility index (Phi) is 8.63. The SMILES string of the molecule is COc1ccc(S(=O)(=O)N(Cc2ccccc2)[C@@H](C(=O)NO)C2CCCCOCC2)cc1. The number of rotatable bonds is 8. The minimum absolute atomic E-state index is 0.00928. The topological polar surface area (TPSA) is 105 Å². The van der Waals surface area contributed by atoms with Crippen LogP contribution in [-0.2, 0) is 26.1 Å². The summed E-state index contributed by atoms with van der Waals surface area (Å²) in [6.07, 6.45) is 2.82. The molecule has 3 rings (SSSR count). The molecule has 0 saturated carbocycles. The van der Waals surface area contributed by atoms with Gasteiger partial charge in [0.15, 0.2) is 0 Å². The number of carbonyl (C=O) groups excluding carboxylic acids is 1. The Hall–Kier alpha value is -2.46. The van der Waals surface area contributed by atoms with Crippen LogP contribution >= 0.6 is 0 Å². The van der Waals surface area contributed by atoms with Crippen LogP contribution in [0.4, 0.5) is 0 Å². The first-order chi connectivity index (χ1) is 15.5. The van der Waals surface area contributed by atoms with E-state index in [-0.39, 0.29) is 17.4 Å². The molecule has 0 radical (unpaired) electrons. The molecular formula is C23H30N2O6S. The molecule has 1 unspecified atom stereocenters. The molecule has 0 bridgehead atoms. The van der Waals surface area contributed by atoms with Crippen LogP contribution in [0.5, 0.6) is 5.75 Å². The van der Waals surface area contributed by atoms with Crippen molar-refractivity contribution < 1.29 is 27.9 Å². The lowest BCUT2D eigenvalue weighted by Crippen LogP contribution is -2.52. The number of methoxy groups -OCH3 is 1. The highest BCUT2D eigenvalue weighted by molar-refractivity contribution is 7.89. The van der Waals surface area contributed by atoms with Gasteiger partial charge in [0.1, 0.15) is 11.8 Å². The van der Waals surface area contributed by atoms with E-state index >= 15 is 0 Å². The Bertz CT molecular complexity index is 958. The minimum Gasteiger partial charge on any atom is -0.497 e. The quantitative estimate of drug-likeness (QED) is 0.462. The number of amides is 1. The Morgan fingerprint density at radius 3 is 2.50 bits per heavy atom. The van der Waals surface area contributed by atoms with Gasteiger partial charge in [0, 0.05) is 19.8 Å². The third-order valence-corrected chi connectivity index (χ3v) is 7.57. The van der Waals surface area contributed by atoms with Crippen LogP contribution in [0.25, 0.3) is 0 Å². The number of benzene rings is 2. The monoisotopic (exact) mass is 462 g/mol. The van der Waals surface area contributed by atoms with Crippen molar-refractivity contribution in [1.82, 2.24) is 9.79 Å². The number of ether oxygens (including phenoxy) is 2. The predicted molar refractivity (Wildman–Crippen MR) is 119 cm³/mol. The summed E-state index contributed by atoms with van der Waals surface area (Å²) in [4.78, 5) is 12.9. The number of nitrogens with zero attached hydrogens (tertiary/aromatic N) is 1. The Balaban J connectivity index is 2.05. The zero-order valence-corrected chi connectivity index (χ0v) is 19.0. The van der Waals surface area contributed by atoms with Crippen molar-refractivity contribution in [3.8, 4) is 5.75 Å². The fourth-order valence-electron chi connectivity index (χ4n) is 4.03. The van der Waals surface area contributed by atoms with Crippen LogP contribution in [0, 0.1) is 5.92 Å². The third kappa shape index (κ3) is 5.86. The average Bonchev–Trinajstić information content (AvgIpc) is 2.80. The molecule has 32 heavy (non-hydrogen) atoms. The van der Waals surface area contributed by atoms with Crippen LogP contribution < -0.4 is 10.2 Å². The van der Waals surface area contributed by atoms with E-state index in [2.05, 4.69) is 0 Å². The first-order valence-corrected chi connectivity index (χ1v) is 12.1. The van der Waals surface area contributed by atoms with Gasteiger partial charge in [-0.15, -0.1) is 0 Å². The maximum absolute atomic E-state index is 13.8. The normalized spacial score (nSPS) is 18.4. The molecule has 174 valence electrons. The molecule has 2 atom stereocenters. The predicted octanol–water partition coefficient (Wildman–Crippen LogP) is 2.97. The van der Waals surface area contributed by atoms with E-state index in [1.807, 2.05) is 30.3 Å². The molecular weight excluding hydrogens is 432 g/mol. The van der Waals surface area contributed by atoms with E-state index in [4.69, 9.17) is 9.47 Å². The van der Waals surface area contributed by atoms with Gasteiger partial charge < -0.3 is 9.47 Å². The van der Waals surface area contributed by atoms with Gasteiger partial charge in [0.25, 0.3) is 5.91 Å². The fourth-order valence-corrected chi connectivity index (χ4v) is 5.67. The summed E-state index contributed by atoms with van der Waals surface area (Å²) >= 11 is 0. The second-order valence-corrected chi connectivity index (χ2v) is 9.68. The van der Waals surface area contributed by atoms with Gasteiger partial charge in [-0.2, -0.15) is 4.31 Å². The zero-order chi connectivity index (χ0) is 23.0. The van der Waals surface area contributed by atoms with Crippen molar-refractivity contribution in [2.45, 2.75) is 43.2 Å². The van der Waals surface area contributed by atoms with Crippen molar-refractivity contribution in [2.75, 3.05) is 20.3 Å². The third-order valence-electron chi connectivity index (χ3n) is 5.73. The molecule has 2 N–H and O–H groups in total. The number of hydrogen-bond donors (Lipinski definition) is 2. The summed E-state index contributed by atoms with van der Waals surface area (Å²) in [5.41, 5.74) is 2.44. The molecule has 0 aliphatic carbocycles. The second kappa shape index (κ2) is 11.4. The molecule has 0 aromatic heterocycles. The minimum atomic E-state index is -4.08. The summed E-state index contributed by atoms with van der Waals surface area (Å²) in [6, 6.07) is 14.1. The molecule has 1 fully saturated rings. The van der Waals surface area contributed by atoms with Gasteiger partial charge in [-0.25, -0.2) is 13.9 Å². The zero-order valence-electron chi connectivity index (χ0n) is 18.1. The molecule has 1 aliphatic rings. The van der Waals surface area contributed by atoms with Gasteiger partial charge in [-0.3, -0.25) is 10.0 Å². The number of nitrogens with one attached hydrogen (secondary N) is 1. The van der Waals surface area contributed by atoms with E-state index in [0.29, 0.717) is 31.8 Å². The molecule has 9 heteroatoms. The molecule has 1 saturated heterocycles. The van der Waals surface area contributed by atoms with Crippen LogP contribution in [0.1, 0.15) is 31.2 Å². The van der Waals surface area contributed by atoms with Crippen molar-refractivity contribution in [3.63, 3.8) is 0 Å². The molecule has 0 spiro atoms. The van der Waals surface area contributed by atoms with Gasteiger partial charge in [-0.05, 0) is 55.0 Å². The van der Waals surface area contributed by atoms with E-state index < -0.39 is 22.0 Å². The fraction of sp³-hybridized carbons (Fsp3) is 0.435. The summed E-state index contributed by atoms with van der Waals surface area (Å²) in [5.74, 6) is -0.525. The van der Waals surface area contributed by atoms with Gasteiger partial charge in [0.2, 0.25) is 10.0 Å². The Labute approximate surface area is 189 Å². The summed E-state index contributed by atoms with van der Waals surface area (Å²) in [6.45, 7) is 1.08. The standard InChI is InChI=1S/C23H30N2O6S/c1-30-20-10-12-21(13-11-20)32(28,29)25(17-18-7-3-2-4-8-18)22(23(26)24-27)19-9-5-6-15-31-16-14-19/h2-4,7-8,10-13,19,22,27H,5-6,9,14-17H2,1H3,(H,24,26)/t19?,22-/m1/s1. The van der Waals surface area contributed by atoms with Crippen LogP contribution in [-0.4, -0.2) is 50.2 Å². The highest BCUT2D eigenvalue weighted by Crippen LogP contribution is 2.30. The van der Waals surface area contributed by atoms with Crippen LogP contribution in [0.3, 0.4) is 0 Å². The maximum Gasteiger partial charge on any atom is 0.262 e. The first kappa shape index (κ1) is 24.2. The Morgan fingerprint density at radius 2 is 1.84 bits per heavy atom. The van der Waals surface area contributed by atoms with E-state index in [1.165, 1.54) is 23.5 Å². The summed E-state index contributed by atoms with van der Waals surface area (Å²) < 4.78 is 39.5. The highest BCUT2D eigenvalue weighted by atomic mass is 32.2. The van der Waals surface area contributed by atoms with E-state index in [1.54, 1.807) is 17.6 Å². The Morgan fingerprint density at radius 1 is 1.12 bits per heavy atom. The lowest BCUT2D eigenvalue weighted by atomic mass is 9.89. The number of carbonyl (C=O) groups is 1. The first-order valence-electron chi connectivity index (χ1n) is 10.7.